The molecule has 0 bridgehead atoms. The van der Waals surface area contributed by atoms with Gasteiger partial charge >= 0.3 is 0 Å². The van der Waals surface area contributed by atoms with Gasteiger partial charge in [-0.2, -0.15) is 11.8 Å². The topological polar surface area (TPSA) is 35.2 Å². The van der Waals surface area contributed by atoms with Crippen molar-refractivity contribution in [2.24, 2.45) is 0 Å². The van der Waals surface area contributed by atoms with E-state index in [4.69, 9.17) is 10.5 Å². The zero-order chi connectivity index (χ0) is 11.3. The molecule has 0 saturated heterocycles. The fourth-order valence-corrected chi connectivity index (χ4v) is 2.05. The lowest BCUT2D eigenvalue weighted by atomic mass is 10.1. The lowest BCUT2D eigenvalue weighted by molar-refractivity contribution is 0.339. The van der Waals surface area contributed by atoms with E-state index in [9.17, 15) is 0 Å². The van der Waals surface area contributed by atoms with Crippen molar-refractivity contribution in [3.8, 4) is 5.75 Å². The van der Waals surface area contributed by atoms with E-state index in [1.807, 2.05) is 37.7 Å². The standard InChI is InChI=1S/C12H19NOS/c1-4-15-6-5-14-12-9(2)7-11(13)8-10(12)3/h7-8H,4-6,13H2,1-3H3. The third-order valence-electron chi connectivity index (χ3n) is 2.16. The molecule has 0 aromatic heterocycles. The lowest BCUT2D eigenvalue weighted by Crippen LogP contribution is -2.03. The Kier molecular flexibility index (Phi) is 4.82. The molecule has 0 amide bonds. The van der Waals surface area contributed by atoms with Crippen LogP contribution in [0.15, 0.2) is 12.1 Å². The van der Waals surface area contributed by atoms with Gasteiger partial charge in [0.2, 0.25) is 0 Å². The number of nitrogens with two attached hydrogens (primary N) is 1. The van der Waals surface area contributed by atoms with Crippen LogP contribution in [-0.4, -0.2) is 18.1 Å². The van der Waals surface area contributed by atoms with Crippen LogP contribution in [0.25, 0.3) is 0 Å². The molecular weight excluding hydrogens is 206 g/mol. The first kappa shape index (κ1) is 12.2. The smallest absolute Gasteiger partial charge is 0.125 e. The Morgan fingerprint density at radius 2 is 1.87 bits per heavy atom. The Hall–Kier alpha value is -0.830. The minimum atomic E-state index is 0.768. The molecule has 0 aliphatic rings. The molecule has 0 fully saturated rings. The number of hydrogen-bond donors (Lipinski definition) is 1. The second-order valence-electron chi connectivity index (χ2n) is 3.53. The number of rotatable bonds is 5. The van der Waals surface area contributed by atoms with Crippen LogP contribution in [0, 0.1) is 13.8 Å². The molecular formula is C12H19NOS. The van der Waals surface area contributed by atoms with Crippen molar-refractivity contribution in [3.05, 3.63) is 23.3 Å². The maximum atomic E-state index is 5.75. The summed E-state index contributed by atoms with van der Waals surface area (Å²) in [4.78, 5) is 0. The summed E-state index contributed by atoms with van der Waals surface area (Å²) in [6.45, 7) is 6.99. The molecule has 0 heterocycles. The van der Waals surface area contributed by atoms with Crippen LogP contribution in [0.1, 0.15) is 18.1 Å². The van der Waals surface area contributed by atoms with E-state index < -0.39 is 0 Å². The fraction of sp³-hybridized carbons (Fsp3) is 0.500. The van der Waals surface area contributed by atoms with Gasteiger partial charge in [0, 0.05) is 11.4 Å². The van der Waals surface area contributed by atoms with E-state index in [1.165, 1.54) is 0 Å². The van der Waals surface area contributed by atoms with Gasteiger partial charge in [0.05, 0.1) is 6.61 Å². The molecule has 2 nitrogen and oxygen atoms in total. The van der Waals surface area contributed by atoms with Gasteiger partial charge in [-0.25, -0.2) is 0 Å². The van der Waals surface area contributed by atoms with Crippen molar-refractivity contribution in [1.82, 2.24) is 0 Å². The maximum Gasteiger partial charge on any atom is 0.125 e. The molecule has 0 saturated carbocycles. The summed E-state index contributed by atoms with van der Waals surface area (Å²) in [7, 11) is 0. The van der Waals surface area contributed by atoms with Crippen LogP contribution >= 0.6 is 11.8 Å². The van der Waals surface area contributed by atoms with Gasteiger partial charge in [-0.15, -0.1) is 0 Å². The highest BCUT2D eigenvalue weighted by Gasteiger charge is 2.04. The first-order valence-electron chi connectivity index (χ1n) is 5.22. The van der Waals surface area contributed by atoms with Crippen LogP contribution in [0.3, 0.4) is 0 Å². The molecule has 2 N–H and O–H groups in total. The van der Waals surface area contributed by atoms with E-state index in [2.05, 4.69) is 6.92 Å². The van der Waals surface area contributed by atoms with E-state index in [-0.39, 0.29) is 0 Å². The van der Waals surface area contributed by atoms with Crippen LogP contribution in [0.5, 0.6) is 5.75 Å². The normalized spacial score (nSPS) is 10.3. The molecule has 84 valence electrons. The summed E-state index contributed by atoms with van der Waals surface area (Å²) in [5, 5.41) is 0. The van der Waals surface area contributed by atoms with Crippen molar-refractivity contribution in [2.45, 2.75) is 20.8 Å². The Labute approximate surface area is 96.2 Å². The summed E-state index contributed by atoms with van der Waals surface area (Å²) >= 11 is 1.89. The molecule has 0 spiro atoms. The largest absolute Gasteiger partial charge is 0.492 e. The summed E-state index contributed by atoms with van der Waals surface area (Å²) in [5.74, 6) is 3.17. The monoisotopic (exact) mass is 225 g/mol. The summed E-state index contributed by atoms with van der Waals surface area (Å²) in [6.07, 6.45) is 0. The first-order valence-corrected chi connectivity index (χ1v) is 6.38. The van der Waals surface area contributed by atoms with Crippen LogP contribution in [-0.2, 0) is 0 Å². The maximum absolute atomic E-state index is 5.75. The molecule has 15 heavy (non-hydrogen) atoms. The number of aryl methyl sites for hydroxylation is 2. The van der Waals surface area contributed by atoms with Crippen molar-refractivity contribution in [3.63, 3.8) is 0 Å². The van der Waals surface area contributed by atoms with Gasteiger partial charge in [0.15, 0.2) is 0 Å². The predicted octanol–water partition coefficient (Wildman–Crippen LogP) is 3.02. The van der Waals surface area contributed by atoms with E-state index in [0.717, 1.165) is 40.7 Å². The molecule has 0 aliphatic carbocycles. The Bertz CT molecular complexity index is 302. The van der Waals surface area contributed by atoms with Crippen LogP contribution in [0.4, 0.5) is 5.69 Å². The van der Waals surface area contributed by atoms with Crippen molar-refractivity contribution in [2.75, 3.05) is 23.8 Å². The number of hydrogen-bond acceptors (Lipinski definition) is 3. The van der Waals surface area contributed by atoms with E-state index in [1.54, 1.807) is 0 Å². The molecule has 1 rings (SSSR count). The van der Waals surface area contributed by atoms with Crippen molar-refractivity contribution in [1.29, 1.82) is 0 Å². The second-order valence-corrected chi connectivity index (χ2v) is 4.92. The highest BCUT2D eigenvalue weighted by molar-refractivity contribution is 7.99. The highest BCUT2D eigenvalue weighted by atomic mass is 32.2. The highest BCUT2D eigenvalue weighted by Crippen LogP contribution is 2.25. The van der Waals surface area contributed by atoms with Crippen molar-refractivity contribution >= 4 is 17.4 Å². The van der Waals surface area contributed by atoms with Gasteiger partial charge in [-0.05, 0) is 42.9 Å². The minimum absolute atomic E-state index is 0.768. The number of nitrogen functional groups attached to an aromatic ring is 1. The Morgan fingerprint density at radius 1 is 1.27 bits per heavy atom. The van der Waals surface area contributed by atoms with Gasteiger partial charge < -0.3 is 10.5 Å². The third-order valence-corrected chi connectivity index (χ3v) is 3.02. The summed E-state index contributed by atoms with van der Waals surface area (Å²) in [5.41, 5.74) is 8.79. The average molecular weight is 225 g/mol. The van der Waals surface area contributed by atoms with E-state index >= 15 is 0 Å². The predicted molar refractivity (Wildman–Crippen MR) is 68.8 cm³/mol. The lowest BCUT2D eigenvalue weighted by Gasteiger charge is -2.12. The van der Waals surface area contributed by atoms with Crippen LogP contribution in [0.2, 0.25) is 0 Å². The fourth-order valence-electron chi connectivity index (χ4n) is 1.56. The number of ether oxygens (including phenoxy) is 1. The van der Waals surface area contributed by atoms with Crippen molar-refractivity contribution < 1.29 is 4.74 Å². The molecule has 1 aromatic rings. The summed E-state index contributed by atoms with van der Waals surface area (Å²) in [6, 6.07) is 3.91. The van der Waals surface area contributed by atoms with Crippen LogP contribution < -0.4 is 10.5 Å². The first-order chi connectivity index (χ1) is 7.15. The molecule has 0 radical (unpaired) electrons. The molecule has 1 aromatic carbocycles. The average Bonchev–Trinajstić information content (AvgIpc) is 2.15. The van der Waals surface area contributed by atoms with Gasteiger partial charge in [-0.1, -0.05) is 6.92 Å². The second kappa shape index (κ2) is 5.91. The number of benzene rings is 1. The molecule has 0 atom stereocenters. The SMILES string of the molecule is CCSCCOc1c(C)cc(N)cc1C. The number of thioether (sulfide) groups is 1. The van der Waals surface area contributed by atoms with Gasteiger partial charge in [0.25, 0.3) is 0 Å². The summed E-state index contributed by atoms with van der Waals surface area (Å²) < 4.78 is 5.75. The minimum Gasteiger partial charge on any atom is -0.492 e. The van der Waals surface area contributed by atoms with Gasteiger partial charge in [-0.3, -0.25) is 0 Å². The third kappa shape index (κ3) is 3.67. The Balaban J connectivity index is 2.60. The number of anilines is 1. The van der Waals surface area contributed by atoms with E-state index in [0.29, 0.717) is 0 Å². The van der Waals surface area contributed by atoms with Gasteiger partial charge in [0.1, 0.15) is 5.75 Å². The Morgan fingerprint density at radius 3 is 2.40 bits per heavy atom. The zero-order valence-corrected chi connectivity index (χ0v) is 10.5. The molecule has 3 heteroatoms. The quantitative estimate of drug-likeness (QED) is 0.618. The zero-order valence-electron chi connectivity index (χ0n) is 9.67. The molecule has 0 aliphatic heterocycles. The molecule has 0 unspecified atom stereocenters.